The van der Waals surface area contributed by atoms with Gasteiger partial charge in [-0.3, -0.25) is 0 Å². The topological polar surface area (TPSA) is 107 Å². The van der Waals surface area contributed by atoms with Crippen molar-refractivity contribution in [2.45, 2.75) is 4.90 Å². The van der Waals surface area contributed by atoms with Gasteiger partial charge >= 0.3 is 0 Å². The molecule has 0 radical (unpaired) electrons. The molecule has 0 amide bonds. The molecule has 2 aromatic rings. The molecule has 0 atom stereocenters. The largest absolute Gasteiger partial charge is 0.495 e. The van der Waals surface area contributed by atoms with Crippen LogP contribution in [0.4, 0.5) is 17.1 Å². The fourth-order valence-electron chi connectivity index (χ4n) is 1.79. The van der Waals surface area contributed by atoms with E-state index in [1.165, 1.54) is 12.1 Å². The van der Waals surface area contributed by atoms with E-state index in [2.05, 4.69) is 21.2 Å². The van der Waals surface area contributed by atoms with Crippen molar-refractivity contribution < 1.29 is 13.2 Å². The molecule has 0 aromatic heterocycles. The summed E-state index contributed by atoms with van der Waals surface area (Å²) in [6, 6.07) is 9.73. The average Bonchev–Trinajstić information content (AvgIpc) is 2.37. The van der Waals surface area contributed by atoms with Crippen LogP contribution in [0, 0.1) is 0 Å². The maximum atomic E-state index is 11.4. The number of benzene rings is 2. The highest BCUT2D eigenvalue weighted by atomic mass is 79.9. The first-order chi connectivity index (χ1) is 9.79. The highest BCUT2D eigenvalue weighted by molar-refractivity contribution is 9.10. The lowest BCUT2D eigenvalue weighted by molar-refractivity contribution is 0.417. The third-order valence-corrected chi connectivity index (χ3v) is 4.08. The predicted molar refractivity (Wildman–Crippen MR) is 86.2 cm³/mol. The smallest absolute Gasteiger partial charge is 0.238 e. The average molecular weight is 372 g/mol. The lowest BCUT2D eigenvalue weighted by atomic mass is 10.2. The van der Waals surface area contributed by atoms with Crippen molar-refractivity contribution in [3.05, 3.63) is 40.9 Å². The molecule has 0 bridgehead atoms. The van der Waals surface area contributed by atoms with Gasteiger partial charge in [0.25, 0.3) is 0 Å². The monoisotopic (exact) mass is 371 g/mol. The van der Waals surface area contributed by atoms with Crippen LogP contribution in [0.15, 0.2) is 45.8 Å². The summed E-state index contributed by atoms with van der Waals surface area (Å²) in [6.45, 7) is 0. The molecule has 0 aliphatic carbocycles. The van der Waals surface area contributed by atoms with E-state index in [1.807, 2.05) is 6.07 Å². The Morgan fingerprint density at radius 2 is 1.90 bits per heavy atom. The molecule has 5 N–H and O–H groups in total. The van der Waals surface area contributed by atoms with Crippen LogP contribution in [0.5, 0.6) is 5.75 Å². The molecule has 0 fully saturated rings. The van der Waals surface area contributed by atoms with Gasteiger partial charge in [0.15, 0.2) is 0 Å². The quantitative estimate of drug-likeness (QED) is 0.715. The molecule has 0 aliphatic heterocycles. The Bertz CT molecular complexity index is 778. The van der Waals surface area contributed by atoms with Gasteiger partial charge in [-0.15, -0.1) is 0 Å². The fourth-order valence-corrected chi connectivity index (χ4v) is 2.74. The molecule has 0 aliphatic rings. The van der Waals surface area contributed by atoms with Gasteiger partial charge in [-0.05, 0) is 36.4 Å². The second-order valence-corrected chi connectivity index (χ2v) is 6.78. The van der Waals surface area contributed by atoms with Crippen LogP contribution in [0.1, 0.15) is 0 Å². The van der Waals surface area contributed by atoms with Crippen molar-refractivity contribution in [3.8, 4) is 5.75 Å². The Morgan fingerprint density at radius 1 is 1.19 bits per heavy atom. The zero-order valence-corrected chi connectivity index (χ0v) is 13.5. The number of nitrogen functional groups attached to an aromatic ring is 1. The summed E-state index contributed by atoms with van der Waals surface area (Å²) in [7, 11) is -2.28. The predicted octanol–water partition coefficient (Wildman–Crippen LogP) is 2.43. The van der Waals surface area contributed by atoms with E-state index in [0.29, 0.717) is 17.1 Å². The van der Waals surface area contributed by atoms with E-state index in [9.17, 15) is 8.42 Å². The first-order valence-electron chi connectivity index (χ1n) is 5.83. The summed E-state index contributed by atoms with van der Waals surface area (Å²) in [6.07, 6.45) is 0. The van der Waals surface area contributed by atoms with Crippen molar-refractivity contribution in [3.63, 3.8) is 0 Å². The summed E-state index contributed by atoms with van der Waals surface area (Å²) in [5.41, 5.74) is 7.16. The van der Waals surface area contributed by atoms with Crippen LogP contribution in [0.25, 0.3) is 0 Å². The Morgan fingerprint density at radius 3 is 2.52 bits per heavy atom. The summed E-state index contributed by atoms with van der Waals surface area (Å²) < 4.78 is 28.9. The molecule has 0 spiro atoms. The highest BCUT2D eigenvalue weighted by Crippen LogP contribution is 2.32. The molecule has 0 heterocycles. The molecule has 0 unspecified atom stereocenters. The second kappa shape index (κ2) is 5.92. The van der Waals surface area contributed by atoms with Crippen molar-refractivity contribution in [2.24, 2.45) is 5.14 Å². The van der Waals surface area contributed by atoms with E-state index >= 15 is 0 Å². The van der Waals surface area contributed by atoms with Gasteiger partial charge < -0.3 is 15.8 Å². The van der Waals surface area contributed by atoms with Crippen LogP contribution in [0.3, 0.4) is 0 Å². The van der Waals surface area contributed by atoms with Gasteiger partial charge in [-0.1, -0.05) is 15.9 Å². The van der Waals surface area contributed by atoms with Crippen LogP contribution < -0.4 is 20.9 Å². The molecular weight excluding hydrogens is 358 g/mol. The Balaban J connectivity index is 2.45. The van der Waals surface area contributed by atoms with E-state index < -0.39 is 10.0 Å². The summed E-state index contributed by atoms with van der Waals surface area (Å²) >= 11 is 3.36. The zero-order chi connectivity index (χ0) is 15.6. The number of sulfonamides is 1. The van der Waals surface area contributed by atoms with Crippen LogP contribution >= 0.6 is 15.9 Å². The number of nitrogens with one attached hydrogen (secondary N) is 1. The molecule has 2 rings (SSSR count). The van der Waals surface area contributed by atoms with Crippen molar-refractivity contribution in [1.82, 2.24) is 0 Å². The standard InChI is InChI=1S/C13H14BrN3O3S/c1-20-13-3-2-8(14)4-12(13)17-10-5-9(15)6-11(7-10)21(16,18)19/h2-7,17H,15H2,1H3,(H2,16,18,19). The number of methoxy groups -OCH3 is 1. The third kappa shape index (κ3) is 3.87. The Hall–Kier alpha value is -1.77. The first-order valence-corrected chi connectivity index (χ1v) is 8.17. The molecule has 2 aromatic carbocycles. The van der Waals surface area contributed by atoms with Crippen molar-refractivity contribution >= 4 is 43.0 Å². The number of halogens is 1. The number of nitrogens with two attached hydrogens (primary N) is 2. The van der Waals surface area contributed by atoms with Crippen molar-refractivity contribution in [1.29, 1.82) is 0 Å². The van der Waals surface area contributed by atoms with Gasteiger partial charge in [-0.25, -0.2) is 13.6 Å². The molecule has 6 nitrogen and oxygen atoms in total. The lowest BCUT2D eigenvalue weighted by Crippen LogP contribution is -2.12. The number of anilines is 3. The van der Waals surface area contributed by atoms with Crippen LogP contribution in [0.2, 0.25) is 0 Å². The number of hydrogen-bond acceptors (Lipinski definition) is 5. The Kier molecular flexibility index (Phi) is 4.40. The van der Waals surface area contributed by atoms with E-state index in [4.69, 9.17) is 15.6 Å². The van der Waals surface area contributed by atoms with Gasteiger partial charge in [0, 0.05) is 15.8 Å². The molecule has 112 valence electrons. The third-order valence-electron chi connectivity index (χ3n) is 2.70. The lowest BCUT2D eigenvalue weighted by Gasteiger charge is -2.13. The normalized spacial score (nSPS) is 11.2. The minimum Gasteiger partial charge on any atom is -0.495 e. The highest BCUT2D eigenvalue weighted by Gasteiger charge is 2.11. The minimum atomic E-state index is -3.82. The maximum absolute atomic E-state index is 11.4. The van der Waals surface area contributed by atoms with E-state index in [0.717, 1.165) is 4.47 Å². The molecule has 21 heavy (non-hydrogen) atoms. The van der Waals surface area contributed by atoms with Gasteiger partial charge in [0.1, 0.15) is 5.75 Å². The minimum absolute atomic E-state index is 0.0565. The van der Waals surface area contributed by atoms with Gasteiger partial charge in [0.05, 0.1) is 17.7 Å². The van der Waals surface area contributed by atoms with Crippen LogP contribution in [-0.4, -0.2) is 15.5 Å². The second-order valence-electron chi connectivity index (χ2n) is 4.31. The number of ether oxygens (including phenoxy) is 1. The van der Waals surface area contributed by atoms with Gasteiger partial charge in [0.2, 0.25) is 10.0 Å². The number of rotatable bonds is 4. The summed E-state index contributed by atoms with van der Waals surface area (Å²) in [4.78, 5) is -0.0565. The van der Waals surface area contributed by atoms with Crippen molar-refractivity contribution in [2.75, 3.05) is 18.2 Å². The number of hydrogen-bond donors (Lipinski definition) is 3. The Labute approximate surface area is 131 Å². The summed E-state index contributed by atoms with van der Waals surface area (Å²) in [5.74, 6) is 0.609. The van der Waals surface area contributed by atoms with E-state index in [-0.39, 0.29) is 10.6 Å². The fraction of sp³-hybridized carbons (Fsp3) is 0.0769. The first kappa shape index (κ1) is 15.6. The molecular formula is C13H14BrN3O3S. The zero-order valence-electron chi connectivity index (χ0n) is 11.1. The molecule has 8 heteroatoms. The number of primary sulfonamides is 1. The van der Waals surface area contributed by atoms with Gasteiger partial charge in [-0.2, -0.15) is 0 Å². The van der Waals surface area contributed by atoms with E-state index in [1.54, 1.807) is 25.3 Å². The molecule has 0 saturated carbocycles. The summed E-state index contributed by atoms with van der Waals surface area (Å²) in [5, 5.41) is 8.19. The SMILES string of the molecule is COc1ccc(Br)cc1Nc1cc(N)cc(S(N)(=O)=O)c1. The maximum Gasteiger partial charge on any atom is 0.238 e. The van der Waals surface area contributed by atoms with Crippen LogP contribution in [-0.2, 0) is 10.0 Å². The molecule has 0 saturated heterocycles.